The van der Waals surface area contributed by atoms with Crippen LogP contribution in [0.5, 0.6) is 0 Å². The van der Waals surface area contributed by atoms with Crippen molar-refractivity contribution in [2.75, 3.05) is 11.1 Å². The summed E-state index contributed by atoms with van der Waals surface area (Å²) in [5, 5.41) is 14.9. The summed E-state index contributed by atoms with van der Waals surface area (Å²) in [6.45, 7) is 2.05. The summed E-state index contributed by atoms with van der Waals surface area (Å²) in [4.78, 5) is 26.5. The van der Waals surface area contributed by atoms with E-state index < -0.39 is 6.04 Å². The molecule has 3 fully saturated rings. The van der Waals surface area contributed by atoms with Crippen LogP contribution in [0.15, 0.2) is 24.3 Å². The van der Waals surface area contributed by atoms with E-state index in [0.29, 0.717) is 23.9 Å². The predicted molar refractivity (Wildman–Crippen MR) is 101 cm³/mol. The maximum absolute atomic E-state index is 12.8. The van der Waals surface area contributed by atoms with Crippen LogP contribution in [0.4, 0.5) is 5.69 Å². The SMILES string of the molecule is C[C@@]12CCC(=O)N1[C@@H](C(=O)Nc1ccc(-c3nnnn3C3CC3)cc1)CS2. The Morgan fingerprint density at radius 1 is 1.30 bits per heavy atom. The third-order valence-corrected chi connectivity index (χ3v) is 7.05. The number of carbonyl (C=O) groups excluding carboxylic acids is 2. The fourth-order valence-corrected chi connectivity index (χ4v) is 5.32. The van der Waals surface area contributed by atoms with Crippen molar-refractivity contribution in [1.29, 1.82) is 0 Å². The smallest absolute Gasteiger partial charge is 0.248 e. The molecule has 0 radical (unpaired) electrons. The second-order valence-corrected chi connectivity index (χ2v) is 9.01. The van der Waals surface area contributed by atoms with Crippen LogP contribution in [0.1, 0.15) is 38.6 Å². The molecule has 1 saturated carbocycles. The highest BCUT2D eigenvalue weighted by molar-refractivity contribution is 8.01. The molecule has 1 aliphatic carbocycles. The van der Waals surface area contributed by atoms with E-state index in [-0.39, 0.29) is 16.7 Å². The highest BCUT2D eigenvalue weighted by Gasteiger charge is 2.52. The molecule has 2 atom stereocenters. The van der Waals surface area contributed by atoms with Crippen LogP contribution in [-0.2, 0) is 9.59 Å². The highest BCUT2D eigenvalue weighted by atomic mass is 32.2. The highest BCUT2D eigenvalue weighted by Crippen LogP contribution is 2.47. The summed E-state index contributed by atoms with van der Waals surface area (Å²) in [6.07, 6.45) is 3.56. The maximum atomic E-state index is 12.8. The molecule has 2 aromatic rings. The van der Waals surface area contributed by atoms with Gasteiger partial charge in [0, 0.05) is 23.4 Å². The number of thioether (sulfide) groups is 1. The first-order valence-corrected chi connectivity index (χ1v) is 10.2. The van der Waals surface area contributed by atoms with Gasteiger partial charge in [0.25, 0.3) is 0 Å². The quantitative estimate of drug-likeness (QED) is 0.867. The topological polar surface area (TPSA) is 93.0 Å². The summed E-state index contributed by atoms with van der Waals surface area (Å²) in [7, 11) is 0. The minimum atomic E-state index is -0.406. The van der Waals surface area contributed by atoms with Crippen molar-refractivity contribution >= 4 is 29.3 Å². The molecule has 27 heavy (non-hydrogen) atoms. The maximum Gasteiger partial charge on any atom is 0.248 e. The van der Waals surface area contributed by atoms with Gasteiger partial charge in [-0.2, -0.15) is 0 Å². The fraction of sp³-hybridized carbons (Fsp3) is 0.500. The lowest BCUT2D eigenvalue weighted by Crippen LogP contribution is -2.48. The van der Waals surface area contributed by atoms with E-state index in [1.165, 1.54) is 0 Å². The number of anilines is 1. The minimum Gasteiger partial charge on any atom is -0.324 e. The number of carbonyl (C=O) groups is 2. The largest absolute Gasteiger partial charge is 0.324 e. The van der Waals surface area contributed by atoms with Crippen molar-refractivity contribution in [1.82, 2.24) is 25.1 Å². The van der Waals surface area contributed by atoms with Crippen LogP contribution in [-0.4, -0.2) is 53.6 Å². The summed E-state index contributed by atoms with van der Waals surface area (Å²) >= 11 is 1.70. The lowest BCUT2D eigenvalue weighted by molar-refractivity contribution is -0.135. The second kappa shape index (κ2) is 6.05. The van der Waals surface area contributed by atoms with Gasteiger partial charge in [-0.1, -0.05) is 0 Å². The Hall–Kier alpha value is -2.42. The number of hydrogen-bond donors (Lipinski definition) is 1. The molecular weight excluding hydrogens is 364 g/mol. The van der Waals surface area contributed by atoms with Crippen molar-refractivity contribution in [3.8, 4) is 11.4 Å². The van der Waals surface area contributed by atoms with Crippen LogP contribution >= 0.6 is 11.8 Å². The molecule has 3 aliphatic rings. The van der Waals surface area contributed by atoms with Crippen LogP contribution in [0.25, 0.3) is 11.4 Å². The number of nitrogens with zero attached hydrogens (tertiary/aromatic N) is 5. The number of benzene rings is 1. The zero-order chi connectivity index (χ0) is 18.6. The van der Waals surface area contributed by atoms with E-state index in [2.05, 4.69) is 27.8 Å². The number of hydrogen-bond acceptors (Lipinski definition) is 6. The Kier molecular flexibility index (Phi) is 3.75. The van der Waals surface area contributed by atoms with Gasteiger partial charge in [0.15, 0.2) is 5.82 Å². The van der Waals surface area contributed by atoms with E-state index in [1.54, 1.807) is 16.7 Å². The Bertz CT molecular complexity index is 909. The average molecular weight is 384 g/mol. The lowest BCUT2D eigenvalue weighted by atomic mass is 10.1. The first-order valence-electron chi connectivity index (χ1n) is 9.20. The molecule has 0 unspecified atom stereocenters. The molecule has 8 nitrogen and oxygen atoms in total. The van der Waals surface area contributed by atoms with Gasteiger partial charge in [-0.15, -0.1) is 16.9 Å². The van der Waals surface area contributed by atoms with Gasteiger partial charge in [0.05, 0.1) is 10.9 Å². The summed E-state index contributed by atoms with van der Waals surface area (Å²) < 4.78 is 1.86. The van der Waals surface area contributed by atoms with Gasteiger partial charge in [0.2, 0.25) is 11.8 Å². The predicted octanol–water partition coefficient (Wildman–Crippen LogP) is 2.07. The molecule has 2 amide bonds. The van der Waals surface area contributed by atoms with E-state index in [1.807, 2.05) is 28.9 Å². The fourth-order valence-electron chi connectivity index (χ4n) is 3.89. The molecule has 5 rings (SSSR count). The van der Waals surface area contributed by atoms with E-state index in [9.17, 15) is 9.59 Å². The first kappa shape index (κ1) is 16.7. The Balaban J connectivity index is 1.31. The molecule has 3 heterocycles. The first-order chi connectivity index (χ1) is 13.0. The third kappa shape index (κ3) is 2.80. The number of rotatable bonds is 4. The van der Waals surface area contributed by atoms with Crippen molar-refractivity contribution in [2.45, 2.75) is 49.6 Å². The summed E-state index contributed by atoms with van der Waals surface area (Å²) in [5.74, 6) is 1.34. The van der Waals surface area contributed by atoms with Crippen LogP contribution in [0, 0.1) is 0 Å². The van der Waals surface area contributed by atoms with E-state index >= 15 is 0 Å². The molecule has 140 valence electrons. The molecule has 1 aromatic carbocycles. The van der Waals surface area contributed by atoms with Crippen molar-refractivity contribution in [3.05, 3.63) is 24.3 Å². The molecule has 1 N–H and O–H groups in total. The van der Waals surface area contributed by atoms with Crippen molar-refractivity contribution < 1.29 is 9.59 Å². The van der Waals surface area contributed by atoms with E-state index in [0.717, 1.165) is 30.7 Å². The minimum absolute atomic E-state index is 0.0740. The normalized spacial score (nSPS) is 27.1. The molecule has 2 aliphatic heterocycles. The van der Waals surface area contributed by atoms with Gasteiger partial charge >= 0.3 is 0 Å². The summed E-state index contributed by atoms with van der Waals surface area (Å²) in [5.41, 5.74) is 1.63. The summed E-state index contributed by atoms with van der Waals surface area (Å²) in [6, 6.07) is 7.53. The monoisotopic (exact) mass is 384 g/mol. The second-order valence-electron chi connectivity index (χ2n) is 7.51. The average Bonchev–Trinajstić information content (AvgIpc) is 3.16. The standard InChI is InChI=1S/C18H20N6O2S/c1-18-9-8-15(25)23(18)14(10-27-18)17(26)19-12-4-2-11(3-5-12)16-20-21-22-24(16)13-6-7-13/h2-5,13-14H,6-10H2,1H3,(H,19,26)/t14-,18-/m1/s1. The van der Waals surface area contributed by atoms with Crippen LogP contribution in [0.3, 0.4) is 0 Å². The molecule has 0 bridgehead atoms. The number of tetrazole rings is 1. The van der Waals surface area contributed by atoms with Gasteiger partial charge < -0.3 is 10.2 Å². The number of aromatic nitrogens is 4. The Morgan fingerprint density at radius 2 is 2.07 bits per heavy atom. The molecule has 2 saturated heterocycles. The number of nitrogens with one attached hydrogen (secondary N) is 1. The van der Waals surface area contributed by atoms with Crippen LogP contribution in [0.2, 0.25) is 0 Å². The van der Waals surface area contributed by atoms with Gasteiger partial charge in [-0.05, 0) is 60.9 Å². The third-order valence-electron chi connectivity index (χ3n) is 5.54. The zero-order valence-electron chi connectivity index (χ0n) is 15.0. The van der Waals surface area contributed by atoms with E-state index in [4.69, 9.17) is 0 Å². The zero-order valence-corrected chi connectivity index (χ0v) is 15.8. The Morgan fingerprint density at radius 3 is 2.81 bits per heavy atom. The molecule has 0 spiro atoms. The molecule has 1 aromatic heterocycles. The van der Waals surface area contributed by atoms with Gasteiger partial charge in [0.1, 0.15) is 6.04 Å². The van der Waals surface area contributed by atoms with Gasteiger partial charge in [-0.25, -0.2) is 4.68 Å². The van der Waals surface area contributed by atoms with Crippen LogP contribution < -0.4 is 5.32 Å². The van der Waals surface area contributed by atoms with Crippen molar-refractivity contribution in [3.63, 3.8) is 0 Å². The lowest BCUT2D eigenvalue weighted by Gasteiger charge is -2.29. The molecular formula is C18H20N6O2S. The molecule has 9 heteroatoms. The number of fused-ring (bicyclic) bond motifs is 1. The number of amides is 2. The van der Waals surface area contributed by atoms with Crippen molar-refractivity contribution in [2.24, 2.45) is 0 Å². The Labute approximate surface area is 160 Å². The van der Waals surface area contributed by atoms with Gasteiger partial charge in [-0.3, -0.25) is 9.59 Å².